The van der Waals surface area contributed by atoms with E-state index in [0.717, 1.165) is 22.3 Å². The highest BCUT2D eigenvalue weighted by Crippen LogP contribution is 2.34. The third-order valence-corrected chi connectivity index (χ3v) is 4.62. The first-order valence-corrected chi connectivity index (χ1v) is 8.52. The summed E-state index contributed by atoms with van der Waals surface area (Å²) in [4.78, 5) is 11.8. The van der Waals surface area contributed by atoms with Crippen molar-refractivity contribution in [3.8, 4) is 0 Å². The normalized spacial score (nSPS) is 14.3. The standard InChI is InChI=1S/C19H10Cl4O/c20-14-5-1-11(2-6-14)18(12-3-7-15(21)8-4-12)13-9-16(22)19(24)17(23)10-13/h1-10H. The topological polar surface area (TPSA) is 17.1 Å². The molecule has 0 N–H and O–H groups in total. The first-order chi connectivity index (χ1) is 11.5. The van der Waals surface area contributed by atoms with Crippen molar-refractivity contribution in [1.29, 1.82) is 0 Å². The summed E-state index contributed by atoms with van der Waals surface area (Å²) in [6, 6.07) is 14.8. The van der Waals surface area contributed by atoms with E-state index in [9.17, 15) is 4.79 Å². The molecule has 0 atom stereocenters. The van der Waals surface area contributed by atoms with E-state index in [1.165, 1.54) is 0 Å². The second-order valence-electron chi connectivity index (χ2n) is 5.16. The van der Waals surface area contributed by atoms with Gasteiger partial charge in [0, 0.05) is 10.0 Å². The van der Waals surface area contributed by atoms with Gasteiger partial charge >= 0.3 is 0 Å². The summed E-state index contributed by atoms with van der Waals surface area (Å²) in [7, 11) is 0. The van der Waals surface area contributed by atoms with Crippen molar-refractivity contribution in [2.45, 2.75) is 0 Å². The van der Waals surface area contributed by atoms with Gasteiger partial charge in [-0.1, -0.05) is 70.7 Å². The van der Waals surface area contributed by atoms with Gasteiger partial charge in [-0.2, -0.15) is 0 Å². The zero-order valence-corrected chi connectivity index (χ0v) is 15.2. The molecule has 120 valence electrons. The van der Waals surface area contributed by atoms with Gasteiger partial charge in [-0.25, -0.2) is 0 Å². The van der Waals surface area contributed by atoms with E-state index in [1.807, 2.05) is 24.3 Å². The Kier molecular flexibility index (Phi) is 5.17. The highest BCUT2D eigenvalue weighted by molar-refractivity contribution is 6.55. The Morgan fingerprint density at radius 2 is 1.00 bits per heavy atom. The third-order valence-electron chi connectivity index (χ3n) is 3.55. The average Bonchev–Trinajstić information content (AvgIpc) is 2.56. The number of carbonyl (C=O) groups is 1. The van der Waals surface area contributed by atoms with Crippen LogP contribution in [0.4, 0.5) is 0 Å². The molecule has 24 heavy (non-hydrogen) atoms. The Morgan fingerprint density at radius 1 is 0.625 bits per heavy atom. The second-order valence-corrected chi connectivity index (χ2v) is 6.85. The van der Waals surface area contributed by atoms with Gasteiger partial charge in [-0.05, 0) is 58.7 Å². The number of halogens is 4. The van der Waals surface area contributed by atoms with Crippen LogP contribution in [0.25, 0.3) is 5.57 Å². The van der Waals surface area contributed by atoms with Crippen LogP contribution >= 0.6 is 46.4 Å². The molecule has 0 heterocycles. The average molecular weight is 396 g/mol. The second kappa shape index (κ2) is 7.16. The fraction of sp³-hybridized carbons (Fsp3) is 0. The molecule has 0 saturated carbocycles. The summed E-state index contributed by atoms with van der Waals surface area (Å²) in [5.41, 5.74) is 3.47. The molecule has 0 spiro atoms. The fourth-order valence-corrected chi connectivity index (χ4v) is 3.18. The lowest BCUT2D eigenvalue weighted by Crippen LogP contribution is -2.04. The molecule has 2 aromatic rings. The summed E-state index contributed by atoms with van der Waals surface area (Å²) >= 11 is 24.1. The van der Waals surface area contributed by atoms with Gasteiger partial charge in [0.2, 0.25) is 5.78 Å². The summed E-state index contributed by atoms with van der Waals surface area (Å²) in [6.07, 6.45) is 3.24. The third kappa shape index (κ3) is 3.60. The van der Waals surface area contributed by atoms with Crippen molar-refractivity contribution in [1.82, 2.24) is 0 Å². The van der Waals surface area contributed by atoms with Gasteiger partial charge in [-0.3, -0.25) is 4.79 Å². The number of carbonyl (C=O) groups excluding carboxylic acids is 1. The van der Waals surface area contributed by atoms with E-state index >= 15 is 0 Å². The maximum absolute atomic E-state index is 11.8. The summed E-state index contributed by atoms with van der Waals surface area (Å²) in [5, 5.41) is 1.44. The van der Waals surface area contributed by atoms with Crippen LogP contribution in [-0.4, -0.2) is 5.78 Å². The summed E-state index contributed by atoms with van der Waals surface area (Å²) < 4.78 is 0. The lowest BCUT2D eigenvalue weighted by molar-refractivity contribution is -0.111. The largest absolute Gasteiger partial charge is 0.287 e. The number of allylic oxidation sites excluding steroid dienone is 5. The quantitative estimate of drug-likeness (QED) is 0.558. The van der Waals surface area contributed by atoms with Gasteiger partial charge in [0.15, 0.2) is 0 Å². The molecule has 2 aromatic carbocycles. The SMILES string of the molecule is O=C1C(Cl)=CC(=C(c2ccc(Cl)cc2)c2ccc(Cl)cc2)C=C1Cl. The number of Topliss-reactive ketones (excluding diaryl/α,β-unsaturated/α-hetero) is 1. The van der Waals surface area contributed by atoms with E-state index in [4.69, 9.17) is 46.4 Å². The molecular weight excluding hydrogens is 386 g/mol. The lowest BCUT2D eigenvalue weighted by atomic mass is 9.91. The zero-order chi connectivity index (χ0) is 17.3. The van der Waals surface area contributed by atoms with Gasteiger partial charge in [-0.15, -0.1) is 0 Å². The van der Waals surface area contributed by atoms with Gasteiger partial charge in [0.25, 0.3) is 0 Å². The monoisotopic (exact) mass is 394 g/mol. The molecule has 0 radical (unpaired) electrons. The zero-order valence-electron chi connectivity index (χ0n) is 12.2. The van der Waals surface area contributed by atoms with Crippen molar-refractivity contribution in [3.63, 3.8) is 0 Å². The highest BCUT2D eigenvalue weighted by atomic mass is 35.5. The predicted molar refractivity (Wildman–Crippen MR) is 102 cm³/mol. The van der Waals surface area contributed by atoms with Crippen molar-refractivity contribution in [3.05, 3.63) is 97.5 Å². The molecule has 0 bridgehead atoms. The number of hydrogen-bond acceptors (Lipinski definition) is 1. The van der Waals surface area contributed by atoms with E-state index < -0.39 is 0 Å². The number of rotatable bonds is 2. The van der Waals surface area contributed by atoms with E-state index in [2.05, 4.69) is 0 Å². The smallest absolute Gasteiger partial charge is 0.215 e. The highest BCUT2D eigenvalue weighted by Gasteiger charge is 2.20. The van der Waals surface area contributed by atoms with Crippen molar-refractivity contribution >= 4 is 57.8 Å². The molecule has 0 fully saturated rings. The predicted octanol–water partition coefficient (Wildman–Crippen LogP) is 6.62. The molecule has 0 amide bonds. The van der Waals surface area contributed by atoms with Crippen molar-refractivity contribution < 1.29 is 4.79 Å². The van der Waals surface area contributed by atoms with Gasteiger partial charge < -0.3 is 0 Å². The van der Waals surface area contributed by atoms with E-state index in [-0.39, 0.29) is 15.8 Å². The van der Waals surface area contributed by atoms with Crippen LogP contribution in [0.15, 0.2) is 76.3 Å². The molecule has 3 rings (SSSR count). The molecule has 1 aliphatic carbocycles. The Morgan fingerprint density at radius 3 is 1.38 bits per heavy atom. The summed E-state index contributed by atoms with van der Waals surface area (Å²) in [5.74, 6) is -0.381. The van der Waals surface area contributed by atoms with Gasteiger partial charge in [0.05, 0.1) is 10.1 Å². The summed E-state index contributed by atoms with van der Waals surface area (Å²) in [6.45, 7) is 0. The Balaban J connectivity index is 2.26. The molecule has 1 nitrogen and oxygen atoms in total. The Labute approximate surface area is 159 Å². The van der Waals surface area contributed by atoms with Crippen LogP contribution < -0.4 is 0 Å². The molecule has 5 heteroatoms. The van der Waals surface area contributed by atoms with Crippen LogP contribution in [0, 0.1) is 0 Å². The Hall–Kier alpha value is -1.51. The molecule has 0 saturated heterocycles. The number of hydrogen-bond donors (Lipinski definition) is 0. The minimum absolute atomic E-state index is 0.0814. The molecule has 1 aliphatic rings. The first kappa shape index (κ1) is 17.3. The van der Waals surface area contributed by atoms with Crippen LogP contribution in [0.2, 0.25) is 10.0 Å². The minimum atomic E-state index is -0.381. The van der Waals surface area contributed by atoms with Crippen LogP contribution in [0.1, 0.15) is 11.1 Å². The fourth-order valence-electron chi connectivity index (χ4n) is 2.44. The van der Waals surface area contributed by atoms with Gasteiger partial charge in [0.1, 0.15) is 0 Å². The maximum atomic E-state index is 11.8. The maximum Gasteiger partial charge on any atom is 0.215 e. The first-order valence-electron chi connectivity index (χ1n) is 7.01. The minimum Gasteiger partial charge on any atom is -0.287 e. The number of ketones is 1. The Bertz CT molecular complexity index is 816. The molecule has 0 unspecified atom stereocenters. The van der Waals surface area contributed by atoms with Crippen LogP contribution in [0.5, 0.6) is 0 Å². The lowest BCUT2D eigenvalue weighted by Gasteiger charge is -2.15. The molecular formula is C19H10Cl4O. The van der Waals surface area contributed by atoms with E-state index in [0.29, 0.717) is 10.0 Å². The molecule has 0 aliphatic heterocycles. The number of benzene rings is 2. The van der Waals surface area contributed by atoms with Crippen LogP contribution in [0.3, 0.4) is 0 Å². The van der Waals surface area contributed by atoms with Crippen LogP contribution in [-0.2, 0) is 4.79 Å². The molecule has 0 aromatic heterocycles. The van der Waals surface area contributed by atoms with Crippen molar-refractivity contribution in [2.24, 2.45) is 0 Å². The van der Waals surface area contributed by atoms with Crippen molar-refractivity contribution in [2.75, 3.05) is 0 Å². The van der Waals surface area contributed by atoms with E-state index in [1.54, 1.807) is 36.4 Å².